The third-order valence-electron chi connectivity index (χ3n) is 7.08. The Morgan fingerprint density at radius 1 is 1.07 bits per heavy atom. The number of nitrogens with one attached hydrogen (secondary N) is 2. The van der Waals surface area contributed by atoms with Gasteiger partial charge in [0.1, 0.15) is 11.8 Å². The summed E-state index contributed by atoms with van der Waals surface area (Å²) in [5.41, 5.74) is 0.393. The standard InChI is InChI=1S/C31H48BrN3O5S/c1-4-5-6-7-8-9-10-11-12-13-19-40-28(36)22-26-30(38)33-17-18-35(26)31(41)34-29(37)24-14-15-27(25(32)21-24)39-20-16-23(2)3/h14-15,21,23,26H,4-13,16-20,22H2,1-3H3,(H,33,38)(H,34,37,41). The highest BCUT2D eigenvalue weighted by atomic mass is 79.9. The van der Waals surface area contributed by atoms with Crippen LogP contribution in [0.5, 0.6) is 5.75 Å². The summed E-state index contributed by atoms with van der Waals surface area (Å²) in [6.07, 6.45) is 12.8. The SMILES string of the molecule is CCCCCCCCCCCCOC(=O)CC1C(=O)NCCN1C(=S)NC(=O)c1ccc(OCCC(C)C)c(Br)c1. The minimum Gasteiger partial charge on any atom is -0.492 e. The van der Waals surface area contributed by atoms with E-state index in [0.717, 1.165) is 25.7 Å². The van der Waals surface area contributed by atoms with Crippen molar-refractivity contribution >= 4 is 51.0 Å². The Labute approximate surface area is 259 Å². The number of nitrogens with zero attached hydrogens (tertiary/aromatic N) is 1. The summed E-state index contributed by atoms with van der Waals surface area (Å²) in [6, 6.07) is 4.25. The molecule has 0 bridgehead atoms. The number of carbonyl (C=O) groups is 3. The van der Waals surface area contributed by atoms with Crippen LogP contribution < -0.4 is 15.4 Å². The maximum Gasteiger partial charge on any atom is 0.308 e. The number of unbranched alkanes of at least 4 members (excludes halogenated alkanes) is 9. The predicted molar refractivity (Wildman–Crippen MR) is 170 cm³/mol. The number of halogens is 1. The lowest BCUT2D eigenvalue weighted by Crippen LogP contribution is -2.60. The lowest BCUT2D eigenvalue weighted by molar-refractivity contribution is -0.147. The molecular formula is C31H48BrN3O5S. The van der Waals surface area contributed by atoms with Crippen LogP contribution in [-0.4, -0.2) is 60.1 Å². The van der Waals surface area contributed by atoms with Crippen molar-refractivity contribution in [2.24, 2.45) is 5.92 Å². The van der Waals surface area contributed by atoms with Crippen molar-refractivity contribution in [2.75, 3.05) is 26.3 Å². The molecule has 10 heteroatoms. The van der Waals surface area contributed by atoms with E-state index >= 15 is 0 Å². The summed E-state index contributed by atoms with van der Waals surface area (Å²) < 4.78 is 11.9. The van der Waals surface area contributed by atoms with Crippen LogP contribution in [-0.2, 0) is 14.3 Å². The van der Waals surface area contributed by atoms with E-state index in [1.165, 1.54) is 44.9 Å². The molecule has 2 N–H and O–H groups in total. The van der Waals surface area contributed by atoms with Gasteiger partial charge in [0, 0.05) is 18.7 Å². The Morgan fingerprint density at radius 2 is 1.73 bits per heavy atom. The van der Waals surface area contributed by atoms with E-state index in [0.29, 0.717) is 48.0 Å². The molecule has 0 aromatic heterocycles. The number of ether oxygens (including phenoxy) is 2. The minimum absolute atomic E-state index is 0.103. The van der Waals surface area contributed by atoms with Crippen LogP contribution in [0.2, 0.25) is 0 Å². The number of benzene rings is 1. The molecule has 1 saturated heterocycles. The molecule has 1 aromatic rings. The average Bonchev–Trinajstić information content (AvgIpc) is 2.93. The number of esters is 1. The van der Waals surface area contributed by atoms with Gasteiger partial charge in [-0.1, -0.05) is 78.6 Å². The van der Waals surface area contributed by atoms with E-state index in [1.54, 1.807) is 23.1 Å². The maximum absolute atomic E-state index is 12.9. The highest BCUT2D eigenvalue weighted by Gasteiger charge is 2.34. The van der Waals surface area contributed by atoms with Crippen LogP contribution in [0.4, 0.5) is 0 Å². The number of thiocarbonyl (C=S) groups is 1. The molecule has 230 valence electrons. The van der Waals surface area contributed by atoms with Gasteiger partial charge in [-0.25, -0.2) is 0 Å². The second-order valence-electron chi connectivity index (χ2n) is 11.0. The van der Waals surface area contributed by atoms with Crippen molar-refractivity contribution < 1.29 is 23.9 Å². The van der Waals surface area contributed by atoms with E-state index in [4.69, 9.17) is 21.7 Å². The first-order valence-electron chi connectivity index (χ1n) is 15.2. The van der Waals surface area contributed by atoms with Gasteiger partial charge < -0.3 is 19.7 Å². The summed E-state index contributed by atoms with van der Waals surface area (Å²) in [5.74, 6) is 0.0342. The molecule has 8 nitrogen and oxygen atoms in total. The number of piperazine rings is 1. The van der Waals surface area contributed by atoms with Gasteiger partial charge in [-0.3, -0.25) is 19.7 Å². The van der Waals surface area contributed by atoms with Crippen LogP contribution in [0, 0.1) is 5.92 Å². The zero-order valence-electron chi connectivity index (χ0n) is 25.0. The first-order valence-corrected chi connectivity index (χ1v) is 16.4. The zero-order chi connectivity index (χ0) is 30.0. The first-order chi connectivity index (χ1) is 19.7. The number of carbonyl (C=O) groups excluding carboxylic acids is 3. The van der Waals surface area contributed by atoms with E-state index in [2.05, 4.69) is 47.3 Å². The second kappa shape index (κ2) is 19.8. The predicted octanol–water partition coefficient (Wildman–Crippen LogP) is 6.54. The molecule has 1 unspecified atom stereocenters. The van der Waals surface area contributed by atoms with Gasteiger partial charge in [-0.15, -0.1) is 0 Å². The van der Waals surface area contributed by atoms with Crippen LogP contribution >= 0.6 is 28.1 Å². The molecule has 0 aliphatic carbocycles. The molecule has 0 saturated carbocycles. The maximum atomic E-state index is 12.9. The Balaban J connectivity index is 1.77. The smallest absolute Gasteiger partial charge is 0.308 e. The average molecular weight is 655 g/mol. The summed E-state index contributed by atoms with van der Waals surface area (Å²) >= 11 is 8.95. The fraction of sp³-hybridized carbons (Fsp3) is 0.677. The molecule has 1 heterocycles. The number of hydrogen-bond donors (Lipinski definition) is 2. The van der Waals surface area contributed by atoms with Gasteiger partial charge in [0.2, 0.25) is 5.91 Å². The third-order valence-corrected chi connectivity index (χ3v) is 8.04. The normalized spacial score (nSPS) is 15.0. The fourth-order valence-electron chi connectivity index (χ4n) is 4.56. The quantitative estimate of drug-likeness (QED) is 0.105. The minimum atomic E-state index is -0.833. The first kappa shape index (κ1) is 35.0. The van der Waals surface area contributed by atoms with Gasteiger partial charge in [0.15, 0.2) is 5.11 Å². The lowest BCUT2D eigenvalue weighted by Gasteiger charge is -2.36. The van der Waals surface area contributed by atoms with Gasteiger partial charge in [-0.2, -0.15) is 0 Å². The van der Waals surface area contributed by atoms with Crippen molar-refractivity contribution in [3.05, 3.63) is 28.2 Å². The van der Waals surface area contributed by atoms with Crippen molar-refractivity contribution in [1.82, 2.24) is 15.5 Å². The van der Waals surface area contributed by atoms with E-state index in [-0.39, 0.29) is 17.4 Å². The molecular weight excluding hydrogens is 606 g/mol. The van der Waals surface area contributed by atoms with Crippen molar-refractivity contribution in [3.63, 3.8) is 0 Å². The van der Waals surface area contributed by atoms with Crippen molar-refractivity contribution in [1.29, 1.82) is 0 Å². The largest absolute Gasteiger partial charge is 0.492 e. The Bertz CT molecular complexity index is 991. The monoisotopic (exact) mass is 653 g/mol. The lowest BCUT2D eigenvalue weighted by atomic mass is 10.1. The molecule has 2 amide bonds. The molecule has 1 aromatic carbocycles. The zero-order valence-corrected chi connectivity index (χ0v) is 27.4. The van der Waals surface area contributed by atoms with Crippen molar-refractivity contribution in [3.8, 4) is 5.75 Å². The summed E-state index contributed by atoms with van der Waals surface area (Å²) in [4.78, 5) is 39.7. The Hall–Kier alpha value is -2.20. The van der Waals surface area contributed by atoms with Gasteiger partial charge in [-0.05, 0) is 65.1 Å². The summed E-state index contributed by atoms with van der Waals surface area (Å²) in [7, 11) is 0. The molecule has 1 fully saturated rings. The Kier molecular flexibility index (Phi) is 16.9. The summed E-state index contributed by atoms with van der Waals surface area (Å²) in [5, 5.41) is 5.59. The molecule has 1 aliphatic rings. The van der Waals surface area contributed by atoms with Crippen LogP contribution in [0.25, 0.3) is 0 Å². The van der Waals surface area contributed by atoms with E-state index < -0.39 is 17.9 Å². The third kappa shape index (κ3) is 13.5. The second-order valence-corrected chi connectivity index (χ2v) is 12.3. The highest BCUT2D eigenvalue weighted by Crippen LogP contribution is 2.26. The molecule has 0 radical (unpaired) electrons. The van der Waals surface area contributed by atoms with Gasteiger partial charge in [0.05, 0.1) is 24.1 Å². The van der Waals surface area contributed by atoms with E-state index in [1.807, 2.05) is 0 Å². The van der Waals surface area contributed by atoms with E-state index in [9.17, 15) is 14.4 Å². The molecule has 2 rings (SSSR count). The molecule has 0 spiro atoms. The van der Waals surface area contributed by atoms with Crippen molar-refractivity contribution in [2.45, 2.75) is 104 Å². The Morgan fingerprint density at radius 3 is 2.37 bits per heavy atom. The molecule has 41 heavy (non-hydrogen) atoms. The van der Waals surface area contributed by atoms with Gasteiger partial charge >= 0.3 is 5.97 Å². The van der Waals surface area contributed by atoms with Crippen LogP contribution in [0.3, 0.4) is 0 Å². The van der Waals surface area contributed by atoms with Crippen LogP contribution in [0.1, 0.15) is 108 Å². The topological polar surface area (TPSA) is 97.0 Å². The van der Waals surface area contributed by atoms with Gasteiger partial charge in [0.25, 0.3) is 5.91 Å². The highest BCUT2D eigenvalue weighted by molar-refractivity contribution is 9.10. The number of rotatable bonds is 18. The number of hydrogen-bond acceptors (Lipinski definition) is 6. The summed E-state index contributed by atoms with van der Waals surface area (Å²) in [6.45, 7) is 8.18. The van der Waals surface area contributed by atoms with Crippen LogP contribution in [0.15, 0.2) is 22.7 Å². The molecule has 1 atom stereocenters. The number of amides is 2. The fourth-order valence-corrected chi connectivity index (χ4v) is 5.36. The molecule has 1 aliphatic heterocycles.